The standard InChI is InChI=1S/C21H19N7/c1-13(24-19-18-20(23-12-22-19)26-14(2)25-18)21-27-16-10-6-7-11-17(16)28(21)15-8-4-3-5-9-15/h3-13H,1-2H3,(H2,22,23,24,25,26). The van der Waals surface area contributed by atoms with Crippen molar-refractivity contribution in [3.05, 3.63) is 72.6 Å². The van der Waals surface area contributed by atoms with Gasteiger partial charge in [-0.2, -0.15) is 0 Å². The molecule has 3 heterocycles. The number of aromatic nitrogens is 6. The zero-order valence-corrected chi connectivity index (χ0v) is 15.6. The fraction of sp³-hybridized carbons (Fsp3) is 0.143. The molecule has 3 aromatic heterocycles. The normalized spacial score (nSPS) is 12.5. The lowest BCUT2D eigenvalue weighted by molar-refractivity contribution is 0.769. The van der Waals surface area contributed by atoms with Gasteiger partial charge in [0.25, 0.3) is 0 Å². The maximum atomic E-state index is 4.90. The minimum Gasteiger partial charge on any atom is -0.358 e. The van der Waals surface area contributed by atoms with Gasteiger partial charge in [0.2, 0.25) is 0 Å². The van der Waals surface area contributed by atoms with Gasteiger partial charge in [-0.05, 0) is 38.1 Å². The van der Waals surface area contributed by atoms with Gasteiger partial charge in [-0.1, -0.05) is 30.3 Å². The van der Waals surface area contributed by atoms with Crippen molar-refractivity contribution >= 4 is 28.0 Å². The van der Waals surface area contributed by atoms with Gasteiger partial charge in [-0.25, -0.2) is 19.9 Å². The maximum Gasteiger partial charge on any atom is 0.183 e. The Morgan fingerprint density at radius 2 is 1.75 bits per heavy atom. The Labute approximate surface area is 161 Å². The van der Waals surface area contributed by atoms with Gasteiger partial charge in [0.1, 0.15) is 23.5 Å². The number of H-pyrrole nitrogens is 1. The number of para-hydroxylation sites is 3. The number of benzene rings is 2. The number of fused-ring (bicyclic) bond motifs is 2. The summed E-state index contributed by atoms with van der Waals surface area (Å²) in [6.45, 7) is 3.99. The maximum absolute atomic E-state index is 4.90. The second-order valence-electron chi connectivity index (χ2n) is 6.74. The van der Waals surface area contributed by atoms with Crippen LogP contribution in [0.5, 0.6) is 0 Å². The summed E-state index contributed by atoms with van der Waals surface area (Å²) < 4.78 is 2.18. The van der Waals surface area contributed by atoms with Crippen LogP contribution in [-0.4, -0.2) is 29.5 Å². The third-order valence-electron chi connectivity index (χ3n) is 4.75. The Morgan fingerprint density at radius 3 is 2.61 bits per heavy atom. The number of aryl methyl sites for hydroxylation is 1. The van der Waals surface area contributed by atoms with Crippen LogP contribution < -0.4 is 5.32 Å². The fourth-order valence-corrected chi connectivity index (χ4v) is 3.51. The van der Waals surface area contributed by atoms with E-state index in [1.165, 1.54) is 6.33 Å². The van der Waals surface area contributed by atoms with Gasteiger partial charge in [-0.3, -0.25) is 4.57 Å². The molecule has 0 saturated carbocycles. The molecule has 28 heavy (non-hydrogen) atoms. The molecule has 0 saturated heterocycles. The second kappa shape index (κ2) is 6.45. The minimum atomic E-state index is -0.0886. The van der Waals surface area contributed by atoms with Crippen molar-refractivity contribution in [2.45, 2.75) is 19.9 Å². The lowest BCUT2D eigenvalue weighted by atomic mass is 10.2. The smallest absolute Gasteiger partial charge is 0.183 e. The van der Waals surface area contributed by atoms with E-state index in [1.807, 2.05) is 43.3 Å². The Balaban J connectivity index is 1.62. The molecular weight excluding hydrogens is 350 g/mol. The summed E-state index contributed by atoms with van der Waals surface area (Å²) in [6, 6.07) is 18.3. The summed E-state index contributed by atoms with van der Waals surface area (Å²) in [5.41, 5.74) is 4.56. The molecule has 0 amide bonds. The highest BCUT2D eigenvalue weighted by molar-refractivity contribution is 5.83. The van der Waals surface area contributed by atoms with Crippen LogP contribution in [0.3, 0.4) is 0 Å². The van der Waals surface area contributed by atoms with Crippen LogP contribution in [0.4, 0.5) is 5.82 Å². The highest BCUT2D eigenvalue weighted by Gasteiger charge is 2.19. The third-order valence-corrected chi connectivity index (χ3v) is 4.75. The number of hydrogen-bond acceptors (Lipinski definition) is 5. The number of hydrogen-bond donors (Lipinski definition) is 2. The molecule has 5 rings (SSSR count). The first kappa shape index (κ1) is 16.4. The van der Waals surface area contributed by atoms with E-state index in [9.17, 15) is 0 Å². The van der Waals surface area contributed by atoms with Crippen LogP contribution in [0.2, 0.25) is 0 Å². The number of aromatic amines is 1. The highest BCUT2D eigenvalue weighted by atomic mass is 15.2. The Morgan fingerprint density at radius 1 is 0.964 bits per heavy atom. The van der Waals surface area contributed by atoms with Crippen molar-refractivity contribution in [2.75, 3.05) is 5.32 Å². The molecule has 1 unspecified atom stereocenters. The third kappa shape index (κ3) is 2.68. The van der Waals surface area contributed by atoms with E-state index in [0.29, 0.717) is 11.5 Å². The summed E-state index contributed by atoms with van der Waals surface area (Å²) in [5, 5.41) is 3.48. The molecular formula is C21H19N7. The Kier molecular flexibility index (Phi) is 3.79. The summed E-state index contributed by atoms with van der Waals surface area (Å²) in [5.74, 6) is 2.43. The largest absolute Gasteiger partial charge is 0.358 e. The van der Waals surface area contributed by atoms with Gasteiger partial charge in [-0.15, -0.1) is 0 Å². The average Bonchev–Trinajstić information content (AvgIpc) is 3.29. The van der Waals surface area contributed by atoms with Crippen LogP contribution in [-0.2, 0) is 0 Å². The quantitative estimate of drug-likeness (QED) is 0.497. The van der Waals surface area contributed by atoms with E-state index in [4.69, 9.17) is 4.98 Å². The van der Waals surface area contributed by atoms with Crippen LogP contribution in [0, 0.1) is 6.92 Å². The van der Waals surface area contributed by atoms with Crippen LogP contribution in [0.15, 0.2) is 60.9 Å². The number of nitrogens with zero attached hydrogens (tertiary/aromatic N) is 5. The van der Waals surface area contributed by atoms with Gasteiger partial charge in [0.05, 0.1) is 17.1 Å². The number of anilines is 1. The fourth-order valence-electron chi connectivity index (χ4n) is 3.51. The Bertz CT molecular complexity index is 1270. The summed E-state index contributed by atoms with van der Waals surface area (Å²) >= 11 is 0. The summed E-state index contributed by atoms with van der Waals surface area (Å²) in [4.78, 5) is 21.2. The molecule has 5 aromatic rings. The molecule has 7 heteroatoms. The van der Waals surface area contributed by atoms with Crippen molar-refractivity contribution in [2.24, 2.45) is 0 Å². The molecule has 0 aliphatic rings. The van der Waals surface area contributed by atoms with Gasteiger partial charge in [0.15, 0.2) is 11.5 Å². The minimum absolute atomic E-state index is 0.0886. The van der Waals surface area contributed by atoms with Crippen LogP contribution in [0.25, 0.3) is 27.9 Å². The van der Waals surface area contributed by atoms with Crippen molar-refractivity contribution < 1.29 is 0 Å². The van der Waals surface area contributed by atoms with Gasteiger partial charge in [0, 0.05) is 5.69 Å². The zero-order valence-electron chi connectivity index (χ0n) is 15.6. The SMILES string of the molecule is Cc1nc2ncnc(NC(C)c3nc4ccccc4n3-c3ccccc3)c2[nH]1. The van der Waals surface area contributed by atoms with E-state index in [0.717, 1.165) is 33.9 Å². The van der Waals surface area contributed by atoms with Crippen molar-refractivity contribution in [1.82, 2.24) is 29.5 Å². The number of imidazole rings is 2. The van der Waals surface area contributed by atoms with E-state index in [2.05, 4.69) is 54.9 Å². The van der Waals surface area contributed by atoms with E-state index in [1.54, 1.807) is 0 Å². The summed E-state index contributed by atoms with van der Waals surface area (Å²) in [6.07, 6.45) is 1.53. The van der Waals surface area contributed by atoms with Gasteiger partial charge >= 0.3 is 0 Å². The molecule has 0 bridgehead atoms. The second-order valence-corrected chi connectivity index (χ2v) is 6.74. The van der Waals surface area contributed by atoms with Crippen molar-refractivity contribution in [3.8, 4) is 5.69 Å². The monoisotopic (exact) mass is 369 g/mol. The predicted octanol–water partition coefficient (Wildman–Crippen LogP) is 4.17. The molecule has 7 nitrogen and oxygen atoms in total. The average molecular weight is 369 g/mol. The zero-order chi connectivity index (χ0) is 19.1. The Hall–Kier alpha value is -3.74. The highest BCUT2D eigenvalue weighted by Crippen LogP contribution is 2.28. The van der Waals surface area contributed by atoms with Crippen LogP contribution >= 0.6 is 0 Å². The first-order valence-electron chi connectivity index (χ1n) is 9.17. The number of rotatable bonds is 4. The molecule has 0 aliphatic heterocycles. The molecule has 2 N–H and O–H groups in total. The molecule has 138 valence electrons. The molecule has 1 atom stereocenters. The van der Waals surface area contributed by atoms with Crippen molar-refractivity contribution in [1.29, 1.82) is 0 Å². The van der Waals surface area contributed by atoms with E-state index >= 15 is 0 Å². The predicted molar refractivity (Wildman–Crippen MR) is 110 cm³/mol. The van der Waals surface area contributed by atoms with Gasteiger partial charge < -0.3 is 10.3 Å². The molecule has 2 aromatic carbocycles. The molecule has 0 fully saturated rings. The summed E-state index contributed by atoms with van der Waals surface area (Å²) in [7, 11) is 0. The first-order valence-corrected chi connectivity index (χ1v) is 9.17. The lowest BCUT2D eigenvalue weighted by Crippen LogP contribution is -2.14. The molecule has 0 aliphatic carbocycles. The van der Waals surface area contributed by atoms with E-state index in [-0.39, 0.29) is 6.04 Å². The number of nitrogens with one attached hydrogen (secondary N) is 2. The lowest BCUT2D eigenvalue weighted by Gasteiger charge is -2.17. The van der Waals surface area contributed by atoms with Crippen molar-refractivity contribution in [3.63, 3.8) is 0 Å². The van der Waals surface area contributed by atoms with Crippen LogP contribution in [0.1, 0.15) is 24.6 Å². The molecule has 0 radical (unpaired) electrons. The molecule has 0 spiro atoms. The topological polar surface area (TPSA) is 84.3 Å². The first-order chi connectivity index (χ1) is 13.7. The van der Waals surface area contributed by atoms with E-state index < -0.39 is 0 Å².